The summed E-state index contributed by atoms with van der Waals surface area (Å²) < 4.78 is 0.454. The molecule has 0 rings (SSSR count). The number of amides is 2. The second-order valence-corrected chi connectivity index (χ2v) is 8.35. The smallest absolute Gasteiger partial charge is 0.250 e. The third-order valence-corrected chi connectivity index (χ3v) is 4.77. The van der Waals surface area contributed by atoms with Gasteiger partial charge < -0.3 is 30.3 Å². The molecule has 0 fully saturated rings. The van der Waals surface area contributed by atoms with E-state index in [1.165, 1.54) is 6.20 Å². The molecule has 172 valence electrons. The normalized spacial score (nSPS) is 11.8. The van der Waals surface area contributed by atoms with Crippen LogP contribution >= 0.6 is 0 Å². The Morgan fingerprint density at radius 1 is 1.13 bits per heavy atom. The molecule has 0 aromatic heterocycles. The molecular formula is C22H40N4O4. The molecule has 0 atom stereocenters. The monoisotopic (exact) mass is 424 g/mol. The molecule has 30 heavy (non-hydrogen) atoms. The van der Waals surface area contributed by atoms with Gasteiger partial charge in [-0.05, 0) is 32.7 Å². The predicted octanol–water partition coefficient (Wildman–Crippen LogP) is 0.537. The number of carboxylic acids is 1. The van der Waals surface area contributed by atoms with Gasteiger partial charge in [-0.3, -0.25) is 9.59 Å². The average molecular weight is 425 g/mol. The molecular weight excluding hydrogens is 384 g/mol. The summed E-state index contributed by atoms with van der Waals surface area (Å²) in [5.41, 5.74) is 5.99. The minimum absolute atomic E-state index is 0.0686. The lowest BCUT2D eigenvalue weighted by Crippen LogP contribution is -2.46. The van der Waals surface area contributed by atoms with E-state index in [-0.39, 0.29) is 17.4 Å². The van der Waals surface area contributed by atoms with Crippen molar-refractivity contribution in [3.05, 3.63) is 23.9 Å². The van der Waals surface area contributed by atoms with Gasteiger partial charge in [0.2, 0.25) is 5.91 Å². The first-order valence-corrected chi connectivity index (χ1v) is 10.7. The van der Waals surface area contributed by atoms with Gasteiger partial charge in [-0.15, -0.1) is 0 Å². The first-order chi connectivity index (χ1) is 14.0. The Labute approximate surface area is 181 Å². The minimum Gasteiger partial charge on any atom is -0.545 e. The van der Waals surface area contributed by atoms with Crippen LogP contribution in [-0.4, -0.2) is 74.0 Å². The second-order valence-electron chi connectivity index (χ2n) is 8.35. The molecule has 2 amide bonds. The maximum Gasteiger partial charge on any atom is 0.250 e. The van der Waals surface area contributed by atoms with Crippen molar-refractivity contribution in [2.45, 2.75) is 52.4 Å². The summed E-state index contributed by atoms with van der Waals surface area (Å²) in [6, 6.07) is 0. The van der Waals surface area contributed by atoms with Gasteiger partial charge >= 0.3 is 0 Å². The fourth-order valence-corrected chi connectivity index (χ4v) is 3.11. The molecule has 0 aromatic carbocycles. The Morgan fingerprint density at radius 3 is 2.37 bits per heavy atom. The Bertz CT molecular complexity index is 614. The lowest BCUT2D eigenvalue weighted by molar-refractivity contribution is -0.885. The van der Waals surface area contributed by atoms with Gasteiger partial charge in [-0.25, -0.2) is 0 Å². The van der Waals surface area contributed by atoms with Crippen LogP contribution in [0.1, 0.15) is 52.4 Å². The maximum absolute atomic E-state index is 12.8. The van der Waals surface area contributed by atoms with Gasteiger partial charge in [0.05, 0.1) is 26.6 Å². The number of quaternary nitrogens is 1. The van der Waals surface area contributed by atoms with Crippen LogP contribution in [0.25, 0.3) is 0 Å². The zero-order valence-electron chi connectivity index (χ0n) is 19.2. The van der Waals surface area contributed by atoms with Gasteiger partial charge in [0, 0.05) is 43.3 Å². The fourth-order valence-electron chi connectivity index (χ4n) is 3.11. The predicted molar refractivity (Wildman–Crippen MR) is 117 cm³/mol. The topological polar surface area (TPSA) is 116 Å². The van der Waals surface area contributed by atoms with E-state index < -0.39 is 5.97 Å². The first kappa shape index (κ1) is 27.8. The number of carbonyl (C=O) groups is 3. The number of hydrogen-bond donors (Lipinski definition) is 2. The van der Waals surface area contributed by atoms with Gasteiger partial charge in [-0.1, -0.05) is 19.9 Å². The number of hydrogen-bond acceptors (Lipinski definition) is 5. The second kappa shape index (κ2) is 14.7. The Hall–Kier alpha value is -2.19. The van der Waals surface area contributed by atoms with E-state index in [9.17, 15) is 19.5 Å². The van der Waals surface area contributed by atoms with Crippen molar-refractivity contribution < 1.29 is 24.0 Å². The summed E-state index contributed by atoms with van der Waals surface area (Å²) in [6.45, 7) is 10.0. The maximum atomic E-state index is 12.8. The zero-order valence-corrected chi connectivity index (χ0v) is 19.2. The van der Waals surface area contributed by atoms with Crippen molar-refractivity contribution in [3.8, 4) is 0 Å². The van der Waals surface area contributed by atoms with Gasteiger partial charge in [0.1, 0.15) is 6.54 Å². The number of likely N-dealkylation sites (N-methyl/N-ethyl adjacent to an activating group) is 1. The Morgan fingerprint density at radius 2 is 1.80 bits per heavy atom. The summed E-state index contributed by atoms with van der Waals surface area (Å²) in [5, 5.41) is 13.6. The van der Waals surface area contributed by atoms with Crippen molar-refractivity contribution in [3.63, 3.8) is 0 Å². The highest BCUT2D eigenvalue weighted by Gasteiger charge is 2.20. The molecule has 0 bridgehead atoms. The molecule has 3 N–H and O–H groups in total. The lowest BCUT2D eigenvalue weighted by atomic mass is 10.2. The molecule has 0 saturated carbocycles. The van der Waals surface area contributed by atoms with Crippen LogP contribution in [0.3, 0.4) is 0 Å². The van der Waals surface area contributed by atoms with Crippen LogP contribution in [0.5, 0.6) is 0 Å². The molecule has 0 radical (unpaired) electrons. The number of carbonyl (C=O) groups excluding carboxylic acids is 3. The third kappa shape index (κ3) is 12.4. The highest BCUT2D eigenvalue weighted by atomic mass is 16.4. The van der Waals surface area contributed by atoms with Crippen molar-refractivity contribution in [2.75, 3.05) is 46.8 Å². The highest BCUT2D eigenvalue weighted by molar-refractivity contribution is 5.93. The molecule has 0 aliphatic rings. The Kier molecular flexibility index (Phi) is 13.7. The van der Waals surface area contributed by atoms with Crippen molar-refractivity contribution >= 4 is 17.8 Å². The molecule has 0 unspecified atom stereocenters. The van der Waals surface area contributed by atoms with Crippen LogP contribution in [0.4, 0.5) is 0 Å². The van der Waals surface area contributed by atoms with E-state index >= 15 is 0 Å². The lowest BCUT2D eigenvalue weighted by Gasteiger charge is -2.32. The number of unbranched alkanes of at least 4 members (excludes halogenated alkanes) is 2. The zero-order chi connectivity index (χ0) is 23.2. The fraction of sp³-hybridized carbons (Fsp3) is 0.682. The van der Waals surface area contributed by atoms with E-state index in [4.69, 9.17) is 5.73 Å². The van der Waals surface area contributed by atoms with Crippen LogP contribution in [0.2, 0.25) is 0 Å². The number of rotatable bonds is 16. The van der Waals surface area contributed by atoms with Gasteiger partial charge in [0.25, 0.3) is 5.91 Å². The number of aliphatic carboxylic acids is 1. The average Bonchev–Trinajstić information content (AvgIpc) is 2.67. The minimum atomic E-state index is -1.23. The summed E-state index contributed by atoms with van der Waals surface area (Å²) in [7, 11) is 3.85. The number of nitrogens with one attached hydrogen (secondary N) is 1. The molecule has 0 saturated heterocycles. The van der Waals surface area contributed by atoms with E-state index in [1.54, 1.807) is 11.8 Å². The number of nitrogens with zero attached hydrogens (tertiary/aromatic N) is 2. The number of nitrogens with two attached hydrogens (primary N) is 1. The summed E-state index contributed by atoms with van der Waals surface area (Å²) in [5.74, 6) is -1.44. The van der Waals surface area contributed by atoms with Crippen molar-refractivity contribution in [1.82, 2.24) is 10.2 Å². The van der Waals surface area contributed by atoms with E-state index in [0.29, 0.717) is 49.2 Å². The largest absolute Gasteiger partial charge is 0.545 e. The van der Waals surface area contributed by atoms with Gasteiger partial charge in [-0.2, -0.15) is 0 Å². The molecule has 0 heterocycles. The molecule has 0 aliphatic heterocycles. The summed E-state index contributed by atoms with van der Waals surface area (Å²) in [6.07, 6.45) is 6.06. The van der Waals surface area contributed by atoms with E-state index in [0.717, 1.165) is 32.1 Å². The third-order valence-electron chi connectivity index (χ3n) is 4.77. The summed E-state index contributed by atoms with van der Waals surface area (Å²) in [4.78, 5) is 37.3. The standard InChI is InChI=1S/C22H40N4O4/c1-6-13-25(14-10-15-26(4,5)17-19(3)22(29)30)21(28)18(2)16-24-20(27)11-8-7-9-12-23/h16H,3,6-15,17,23H2,1-2,4-5H3,(H-,24,27,28,29,30). The van der Waals surface area contributed by atoms with Crippen LogP contribution in [0, 0.1) is 0 Å². The van der Waals surface area contributed by atoms with E-state index in [2.05, 4.69) is 11.9 Å². The first-order valence-electron chi connectivity index (χ1n) is 10.7. The van der Waals surface area contributed by atoms with Crippen LogP contribution in [-0.2, 0) is 14.4 Å². The van der Waals surface area contributed by atoms with Crippen LogP contribution < -0.4 is 16.2 Å². The number of carboxylic acid groups (broad SMARTS) is 1. The van der Waals surface area contributed by atoms with Gasteiger partial charge in [0.15, 0.2) is 0 Å². The summed E-state index contributed by atoms with van der Waals surface area (Å²) >= 11 is 0. The molecule has 8 nitrogen and oxygen atoms in total. The molecule has 0 aromatic rings. The van der Waals surface area contributed by atoms with Crippen molar-refractivity contribution in [2.24, 2.45) is 5.73 Å². The highest BCUT2D eigenvalue weighted by Crippen LogP contribution is 2.08. The molecule has 0 spiro atoms. The quantitative estimate of drug-likeness (QED) is 0.213. The molecule has 8 heteroatoms. The van der Waals surface area contributed by atoms with Crippen LogP contribution in [0.15, 0.2) is 23.9 Å². The molecule has 0 aliphatic carbocycles. The van der Waals surface area contributed by atoms with E-state index in [1.807, 2.05) is 21.0 Å². The Balaban J connectivity index is 4.64. The van der Waals surface area contributed by atoms with Crippen molar-refractivity contribution in [1.29, 1.82) is 0 Å². The SMILES string of the molecule is C=C(C[N+](C)(C)CCCN(CCC)C(=O)C(C)=CNC(=O)CCCCCN)C(=O)[O-].